The second-order valence-corrected chi connectivity index (χ2v) is 6.51. The fourth-order valence-corrected chi connectivity index (χ4v) is 3.08. The molecule has 5 nitrogen and oxygen atoms in total. The van der Waals surface area contributed by atoms with Crippen molar-refractivity contribution < 1.29 is 52.1 Å². The normalized spacial score (nSPS) is 12.1. The van der Waals surface area contributed by atoms with E-state index < -0.39 is 26.7 Å². The molecule has 0 amide bonds. The van der Waals surface area contributed by atoms with Crippen LogP contribution in [0.1, 0.15) is 22.8 Å². The quantitative estimate of drug-likeness (QED) is 0.294. The summed E-state index contributed by atoms with van der Waals surface area (Å²) < 4.78 is 34.0. The number of carbonyl (C=O) groups excluding carboxylic acids is 2. The van der Waals surface area contributed by atoms with E-state index in [1.54, 1.807) is 36.4 Å². The Bertz CT molecular complexity index is 831. The molecular weight excluding hydrogens is 339 g/mol. The van der Waals surface area contributed by atoms with Crippen molar-refractivity contribution in [2.75, 3.05) is 0 Å². The fourth-order valence-electron chi connectivity index (χ4n) is 2.36. The minimum absolute atomic E-state index is 0. The second kappa shape index (κ2) is 8.69. The first kappa shape index (κ1) is 20.7. The first-order chi connectivity index (χ1) is 10.8. The molecule has 0 saturated carbocycles. The van der Waals surface area contributed by atoms with Crippen molar-refractivity contribution >= 4 is 21.7 Å². The minimum atomic E-state index is -4.67. The molecular formula is C17H15NaO5S. The third kappa shape index (κ3) is 5.09. The van der Waals surface area contributed by atoms with Gasteiger partial charge in [0.2, 0.25) is 0 Å². The Morgan fingerprint density at radius 3 is 2.08 bits per heavy atom. The summed E-state index contributed by atoms with van der Waals surface area (Å²) in [5.74, 6) is -1.80. The van der Waals surface area contributed by atoms with E-state index in [4.69, 9.17) is 0 Å². The van der Waals surface area contributed by atoms with Crippen molar-refractivity contribution in [2.45, 2.75) is 18.2 Å². The zero-order valence-corrected chi connectivity index (χ0v) is 16.2. The summed E-state index contributed by atoms with van der Waals surface area (Å²) in [5.41, 5.74) is 0.544. The Morgan fingerprint density at radius 1 is 1.00 bits per heavy atom. The maximum atomic E-state index is 12.5. The SMILES string of the molecule is CC(=O)C(Cc1ccccc1S(=O)(=O)[O-])C(=O)c1ccccc1.[Na+]. The Kier molecular flexibility index (Phi) is 7.51. The maximum absolute atomic E-state index is 12.5. The first-order valence-corrected chi connectivity index (χ1v) is 8.35. The first-order valence-electron chi connectivity index (χ1n) is 6.94. The molecule has 0 aliphatic rings. The van der Waals surface area contributed by atoms with E-state index in [9.17, 15) is 22.6 Å². The third-order valence-electron chi connectivity index (χ3n) is 3.53. The molecule has 1 atom stereocenters. The molecule has 0 radical (unpaired) electrons. The zero-order chi connectivity index (χ0) is 17.0. The van der Waals surface area contributed by atoms with Crippen molar-refractivity contribution in [3.05, 3.63) is 65.7 Å². The predicted molar refractivity (Wildman–Crippen MR) is 83.1 cm³/mol. The Morgan fingerprint density at radius 2 is 1.54 bits per heavy atom. The van der Waals surface area contributed by atoms with Gasteiger partial charge in [-0.15, -0.1) is 0 Å². The van der Waals surface area contributed by atoms with E-state index in [1.807, 2.05) is 0 Å². The van der Waals surface area contributed by atoms with Crippen molar-refractivity contribution in [1.29, 1.82) is 0 Å². The van der Waals surface area contributed by atoms with Gasteiger partial charge in [-0.1, -0.05) is 48.5 Å². The average molecular weight is 354 g/mol. The van der Waals surface area contributed by atoms with Crippen LogP contribution >= 0.6 is 0 Å². The average Bonchev–Trinajstić information content (AvgIpc) is 2.52. The molecule has 0 saturated heterocycles. The van der Waals surface area contributed by atoms with Gasteiger partial charge in [0.1, 0.15) is 15.9 Å². The van der Waals surface area contributed by atoms with Gasteiger partial charge in [-0.3, -0.25) is 9.59 Å². The summed E-state index contributed by atoms with van der Waals surface area (Å²) in [7, 11) is -4.67. The van der Waals surface area contributed by atoms with Crippen molar-refractivity contribution in [3.63, 3.8) is 0 Å². The summed E-state index contributed by atoms with van der Waals surface area (Å²) in [5, 5.41) is 0. The van der Waals surface area contributed by atoms with Gasteiger partial charge in [-0.05, 0) is 25.0 Å². The molecule has 0 N–H and O–H groups in total. The molecule has 0 bridgehead atoms. The summed E-state index contributed by atoms with van der Waals surface area (Å²) >= 11 is 0. The number of hydrogen-bond donors (Lipinski definition) is 0. The number of rotatable bonds is 6. The topological polar surface area (TPSA) is 91.3 Å². The maximum Gasteiger partial charge on any atom is 1.00 e. The molecule has 0 aliphatic heterocycles. The number of hydrogen-bond acceptors (Lipinski definition) is 5. The fraction of sp³-hybridized carbons (Fsp3) is 0.176. The van der Waals surface area contributed by atoms with Gasteiger partial charge in [0.15, 0.2) is 5.78 Å². The van der Waals surface area contributed by atoms with E-state index in [2.05, 4.69) is 0 Å². The van der Waals surface area contributed by atoms with Crippen LogP contribution in [-0.4, -0.2) is 24.5 Å². The smallest absolute Gasteiger partial charge is 0.744 e. The van der Waals surface area contributed by atoms with Gasteiger partial charge in [-0.25, -0.2) is 8.42 Å². The number of carbonyl (C=O) groups is 2. The molecule has 2 rings (SSSR count). The molecule has 1 unspecified atom stereocenters. The number of Topliss-reactive ketones (excluding diaryl/α,β-unsaturated/α-hetero) is 2. The van der Waals surface area contributed by atoms with Crippen LogP contribution in [0.5, 0.6) is 0 Å². The van der Waals surface area contributed by atoms with Crippen LogP contribution in [0.15, 0.2) is 59.5 Å². The Balaban J connectivity index is 0.00000288. The summed E-state index contributed by atoms with van der Waals surface area (Å²) in [6.07, 6.45) is -0.124. The van der Waals surface area contributed by atoms with Crippen molar-refractivity contribution in [2.24, 2.45) is 5.92 Å². The van der Waals surface area contributed by atoms with Crippen LogP contribution in [0.25, 0.3) is 0 Å². The van der Waals surface area contributed by atoms with Gasteiger partial charge in [0, 0.05) is 5.56 Å². The van der Waals surface area contributed by atoms with Crippen LogP contribution < -0.4 is 29.6 Å². The molecule has 2 aromatic rings. The van der Waals surface area contributed by atoms with E-state index >= 15 is 0 Å². The summed E-state index contributed by atoms with van der Waals surface area (Å²) in [4.78, 5) is 24.0. The largest absolute Gasteiger partial charge is 1.00 e. The van der Waals surface area contributed by atoms with Crippen LogP contribution in [-0.2, 0) is 21.3 Å². The second-order valence-electron chi connectivity index (χ2n) is 5.16. The van der Waals surface area contributed by atoms with Crippen molar-refractivity contribution in [3.8, 4) is 0 Å². The number of benzene rings is 2. The molecule has 24 heavy (non-hydrogen) atoms. The molecule has 0 spiro atoms. The van der Waals surface area contributed by atoms with Crippen LogP contribution in [0, 0.1) is 5.92 Å². The summed E-state index contributed by atoms with van der Waals surface area (Å²) in [6, 6.07) is 13.9. The predicted octanol–water partition coefficient (Wildman–Crippen LogP) is -0.775. The standard InChI is InChI=1S/C17H16O5S.Na/c1-12(18)15(17(19)13-7-3-2-4-8-13)11-14-9-5-6-10-16(14)23(20,21)22;/h2-10,15H,11H2,1H3,(H,20,21,22);/q;+1/p-1. The van der Waals surface area contributed by atoms with Gasteiger partial charge >= 0.3 is 29.6 Å². The van der Waals surface area contributed by atoms with Crippen LogP contribution in [0.3, 0.4) is 0 Å². The molecule has 0 aliphatic carbocycles. The van der Waals surface area contributed by atoms with Gasteiger partial charge < -0.3 is 4.55 Å². The monoisotopic (exact) mass is 354 g/mol. The van der Waals surface area contributed by atoms with Gasteiger partial charge in [0.25, 0.3) is 0 Å². The molecule has 7 heteroatoms. The Hall–Kier alpha value is -1.31. The van der Waals surface area contributed by atoms with E-state index in [0.29, 0.717) is 5.56 Å². The zero-order valence-electron chi connectivity index (χ0n) is 13.4. The number of ketones is 2. The molecule has 0 heterocycles. The van der Waals surface area contributed by atoms with Crippen LogP contribution in [0.4, 0.5) is 0 Å². The van der Waals surface area contributed by atoms with E-state index in [1.165, 1.54) is 25.1 Å². The minimum Gasteiger partial charge on any atom is -0.744 e. The summed E-state index contributed by atoms with van der Waals surface area (Å²) in [6.45, 7) is 1.28. The third-order valence-corrected chi connectivity index (χ3v) is 4.47. The Labute approximate surface area is 163 Å². The molecule has 120 valence electrons. The molecule has 2 aromatic carbocycles. The van der Waals surface area contributed by atoms with Gasteiger partial charge in [0.05, 0.1) is 10.8 Å². The van der Waals surface area contributed by atoms with E-state index in [-0.39, 0.29) is 47.3 Å². The van der Waals surface area contributed by atoms with Crippen molar-refractivity contribution in [1.82, 2.24) is 0 Å². The van der Waals surface area contributed by atoms with E-state index in [0.717, 1.165) is 0 Å². The van der Waals surface area contributed by atoms with Crippen LogP contribution in [0.2, 0.25) is 0 Å². The molecule has 0 aromatic heterocycles. The van der Waals surface area contributed by atoms with Gasteiger partial charge in [-0.2, -0.15) is 0 Å². The molecule has 0 fully saturated rings.